The standard InChI is InChI=1S/C27H37NO/c1-17-14-15-22(16-18(17)2)23-19(3)26(5,6)27(7,8)20(4)24(23)28-25(29)21-12-10-9-11-13-21/h9-16,19-20,23-24H,1-8H3,(H,28,29). The van der Waals surface area contributed by atoms with E-state index in [-0.39, 0.29) is 28.7 Å². The number of benzene rings is 2. The molecule has 0 radical (unpaired) electrons. The van der Waals surface area contributed by atoms with Crippen molar-refractivity contribution in [2.45, 2.75) is 67.3 Å². The Morgan fingerprint density at radius 3 is 2.00 bits per heavy atom. The van der Waals surface area contributed by atoms with Crippen LogP contribution in [0.1, 0.15) is 74.5 Å². The monoisotopic (exact) mass is 391 g/mol. The van der Waals surface area contributed by atoms with Crippen LogP contribution in [0.15, 0.2) is 48.5 Å². The molecule has 2 aromatic rings. The van der Waals surface area contributed by atoms with Crippen molar-refractivity contribution in [1.82, 2.24) is 5.32 Å². The fourth-order valence-electron chi connectivity index (χ4n) is 5.20. The molecule has 4 unspecified atom stereocenters. The van der Waals surface area contributed by atoms with Crippen molar-refractivity contribution >= 4 is 5.91 Å². The van der Waals surface area contributed by atoms with Crippen LogP contribution < -0.4 is 5.32 Å². The zero-order valence-corrected chi connectivity index (χ0v) is 19.3. The highest BCUT2D eigenvalue weighted by Gasteiger charge is 2.56. The van der Waals surface area contributed by atoms with Crippen molar-refractivity contribution in [3.05, 3.63) is 70.8 Å². The molecule has 0 spiro atoms. The second-order valence-corrected chi connectivity index (χ2v) is 10.3. The van der Waals surface area contributed by atoms with Gasteiger partial charge < -0.3 is 5.32 Å². The number of amides is 1. The fraction of sp³-hybridized carbons (Fsp3) is 0.519. The van der Waals surface area contributed by atoms with Gasteiger partial charge in [-0.25, -0.2) is 0 Å². The summed E-state index contributed by atoms with van der Waals surface area (Å²) in [7, 11) is 0. The van der Waals surface area contributed by atoms with E-state index in [1.807, 2.05) is 30.3 Å². The van der Waals surface area contributed by atoms with Gasteiger partial charge in [0.25, 0.3) is 5.91 Å². The predicted molar refractivity (Wildman–Crippen MR) is 122 cm³/mol. The lowest BCUT2D eigenvalue weighted by molar-refractivity contribution is -0.0751. The Labute approximate surface area is 177 Å². The van der Waals surface area contributed by atoms with Crippen molar-refractivity contribution in [3.8, 4) is 0 Å². The van der Waals surface area contributed by atoms with Crippen LogP contribution >= 0.6 is 0 Å². The lowest BCUT2D eigenvalue weighted by atomic mass is 9.46. The van der Waals surface area contributed by atoms with Crippen molar-refractivity contribution in [3.63, 3.8) is 0 Å². The topological polar surface area (TPSA) is 29.1 Å². The van der Waals surface area contributed by atoms with Crippen LogP contribution in [0.5, 0.6) is 0 Å². The van der Waals surface area contributed by atoms with Crippen LogP contribution in [-0.2, 0) is 0 Å². The molecular weight excluding hydrogens is 354 g/mol. The minimum atomic E-state index is 0.0268. The average Bonchev–Trinajstić information content (AvgIpc) is 2.68. The van der Waals surface area contributed by atoms with E-state index in [2.05, 4.69) is 78.9 Å². The second-order valence-electron chi connectivity index (χ2n) is 10.3. The summed E-state index contributed by atoms with van der Waals surface area (Å²) in [5.41, 5.74) is 4.94. The Bertz CT molecular complexity index is 881. The summed E-state index contributed by atoms with van der Waals surface area (Å²) in [4.78, 5) is 13.1. The van der Waals surface area contributed by atoms with E-state index in [0.717, 1.165) is 5.56 Å². The molecule has 0 aliphatic heterocycles. The molecule has 1 aliphatic rings. The van der Waals surface area contributed by atoms with Gasteiger partial charge in [-0.05, 0) is 65.3 Å². The van der Waals surface area contributed by atoms with Crippen LogP contribution in [0.3, 0.4) is 0 Å². The van der Waals surface area contributed by atoms with Gasteiger partial charge in [0.1, 0.15) is 0 Å². The van der Waals surface area contributed by atoms with E-state index in [1.54, 1.807) is 0 Å². The van der Waals surface area contributed by atoms with E-state index in [1.165, 1.54) is 16.7 Å². The zero-order valence-electron chi connectivity index (χ0n) is 19.3. The van der Waals surface area contributed by atoms with Crippen molar-refractivity contribution in [1.29, 1.82) is 0 Å². The van der Waals surface area contributed by atoms with Crippen LogP contribution in [-0.4, -0.2) is 11.9 Å². The lowest BCUT2D eigenvalue weighted by Crippen LogP contribution is -2.60. The summed E-state index contributed by atoms with van der Waals surface area (Å²) in [6, 6.07) is 16.5. The molecule has 0 bridgehead atoms. The largest absolute Gasteiger partial charge is 0.348 e. The number of carbonyl (C=O) groups is 1. The molecule has 2 aromatic carbocycles. The van der Waals surface area contributed by atoms with Gasteiger partial charge >= 0.3 is 0 Å². The summed E-state index contributed by atoms with van der Waals surface area (Å²) < 4.78 is 0. The van der Waals surface area contributed by atoms with Crippen LogP contribution in [0.4, 0.5) is 0 Å². The molecular formula is C27H37NO. The van der Waals surface area contributed by atoms with Gasteiger partial charge in [-0.2, -0.15) is 0 Å². The molecule has 0 saturated heterocycles. The van der Waals surface area contributed by atoms with Gasteiger partial charge in [-0.3, -0.25) is 4.79 Å². The van der Waals surface area contributed by atoms with Crippen LogP contribution in [0, 0.1) is 36.5 Å². The molecule has 0 heterocycles. The van der Waals surface area contributed by atoms with E-state index in [0.29, 0.717) is 11.8 Å². The first-order valence-electron chi connectivity index (χ1n) is 10.9. The maximum Gasteiger partial charge on any atom is 0.251 e. The molecule has 1 N–H and O–H groups in total. The number of hydrogen-bond donors (Lipinski definition) is 1. The molecule has 0 aromatic heterocycles. The molecule has 2 heteroatoms. The van der Waals surface area contributed by atoms with E-state index >= 15 is 0 Å². The number of hydrogen-bond acceptors (Lipinski definition) is 1. The minimum absolute atomic E-state index is 0.0268. The predicted octanol–water partition coefficient (Wildman–Crippen LogP) is 6.52. The average molecular weight is 392 g/mol. The highest BCUT2D eigenvalue weighted by atomic mass is 16.1. The summed E-state index contributed by atoms with van der Waals surface area (Å²) in [5, 5.41) is 3.45. The molecule has 2 nitrogen and oxygen atoms in total. The first-order valence-corrected chi connectivity index (χ1v) is 10.9. The third kappa shape index (κ3) is 3.63. The van der Waals surface area contributed by atoms with Crippen molar-refractivity contribution in [2.24, 2.45) is 22.7 Å². The highest BCUT2D eigenvalue weighted by molar-refractivity contribution is 5.94. The lowest BCUT2D eigenvalue weighted by Gasteiger charge is -2.60. The first-order chi connectivity index (χ1) is 13.5. The molecule has 1 fully saturated rings. The molecule has 1 saturated carbocycles. The third-order valence-corrected chi connectivity index (χ3v) is 8.65. The SMILES string of the molecule is Cc1ccc(C2C(NC(=O)c3ccccc3)C(C)C(C)(C)C(C)(C)C2C)cc1C. The number of nitrogens with one attached hydrogen (secondary N) is 1. The van der Waals surface area contributed by atoms with E-state index in [9.17, 15) is 4.79 Å². The van der Waals surface area contributed by atoms with Gasteiger partial charge in [-0.15, -0.1) is 0 Å². The van der Waals surface area contributed by atoms with E-state index in [4.69, 9.17) is 0 Å². The third-order valence-electron chi connectivity index (χ3n) is 8.65. The Morgan fingerprint density at radius 2 is 1.41 bits per heavy atom. The number of aryl methyl sites for hydroxylation is 2. The Kier molecular flexibility index (Phi) is 5.69. The molecule has 3 rings (SSSR count). The molecule has 4 atom stereocenters. The summed E-state index contributed by atoms with van der Waals surface area (Å²) >= 11 is 0. The second kappa shape index (κ2) is 7.63. The Hall–Kier alpha value is -2.09. The fourth-order valence-corrected chi connectivity index (χ4v) is 5.20. The van der Waals surface area contributed by atoms with Crippen LogP contribution in [0.25, 0.3) is 0 Å². The summed E-state index contributed by atoms with van der Waals surface area (Å²) in [6.07, 6.45) is 0. The first kappa shape index (κ1) is 21.6. The maximum atomic E-state index is 13.1. The zero-order chi connectivity index (χ0) is 21.6. The van der Waals surface area contributed by atoms with E-state index < -0.39 is 0 Å². The molecule has 29 heavy (non-hydrogen) atoms. The maximum absolute atomic E-state index is 13.1. The quantitative estimate of drug-likeness (QED) is 0.633. The van der Waals surface area contributed by atoms with Gasteiger partial charge in [0, 0.05) is 17.5 Å². The summed E-state index contributed by atoms with van der Waals surface area (Å²) in [5.74, 6) is 1.07. The normalized spacial score (nSPS) is 28.0. The number of rotatable bonds is 3. The van der Waals surface area contributed by atoms with Crippen LogP contribution in [0.2, 0.25) is 0 Å². The smallest absolute Gasteiger partial charge is 0.251 e. The molecule has 156 valence electrons. The number of carbonyl (C=O) groups excluding carboxylic acids is 1. The van der Waals surface area contributed by atoms with Crippen molar-refractivity contribution in [2.75, 3.05) is 0 Å². The Balaban J connectivity index is 2.07. The van der Waals surface area contributed by atoms with Crippen molar-refractivity contribution < 1.29 is 4.79 Å². The van der Waals surface area contributed by atoms with Gasteiger partial charge in [0.15, 0.2) is 0 Å². The molecule has 1 aliphatic carbocycles. The molecule has 1 amide bonds. The van der Waals surface area contributed by atoms with Gasteiger partial charge in [0.2, 0.25) is 0 Å². The highest BCUT2D eigenvalue weighted by Crippen LogP contribution is 2.60. The van der Waals surface area contributed by atoms with Gasteiger partial charge in [0.05, 0.1) is 0 Å². The Morgan fingerprint density at radius 1 is 0.828 bits per heavy atom. The summed E-state index contributed by atoms with van der Waals surface area (Å²) in [6.45, 7) is 18.6. The van der Waals surface area contributed by atoms with Gasteiger partial charge in [-0.1, -0.05) is 77.9 Å². The minimum Gasteiger partial charge on any atom is -0.348 e.